The number of rotatable bonds is 1. The normalized spacial score (nSPS) is 11.8. The van der Waals surface area contributed by atoms with E-state index in [1.807, 2.05) is 0 Å². The van der Waals surface area contributed by atoms with Crippen LogP contribution in [-0.4, -0.2) is 4.98 Å². The minimum absolute atomic E-state index is 0.143. The quantitative estimate of drug-likeness (QED) is 0.782. The van der Waals surface area contributed by atoms with Gasteiger partial charge < -0.3 is 5.73 Å². The van der Waals surface area contributed by atoms with E-state index in [2.05, 4.69) is 20.9 Å². The Hall–Kier alpha value is -0.620. The number of alkyl halides is 3. The van der Waals surface area contributed by atoms with Crippen LogP contribution in [0.3, 0.4) is 0 Å². The first-order valence-electron chi connectivity index (χ1n) is 3.38. The van der Waals surface area contributed by atoms with Crippen LogP contribution in [0.5, 0.6) is 0 Å². The first-order chi connectivity index (χ1) is 5.95. The lowest BCUT2D eigenvalue weighted by Crippen LogP contribution is -2.09. The maximum Gasteiger partial charge on any atom is 0.433 e. The molecule has 0 aliphatic rings. The van der Waals surface area contributed by atoms with Gasteiger partial charge in [-0.3, -0.25) is 0 Å². The standard InChI is InChI=1S/C7H6BrF3N2/c8-6-4(3-12)1-2-5(13-6)7(9,10)11/h1-2H,3,12H2. The lowest BCUT2D eigenvalue weighted by Gasteiger charge is -2.07. The number of aromatic nitrogens is 1. The van der Waals surface area contributed by atoms with Gasteiger partial charge in [-0.05, 0) is 27.6 Å². The van der Waals surface area contributed by atoms with Crippen LogP contribution >= 0.6 is 15.9 Å². The highest BCUT2D eigenvalue weighted by molar-refractivity contribution is 9.10. The number of halogens is 4. The molecule has 0 aliphatic carbocycles. The number of nitrogens with two attached hydrogens (primary N) is 1. The third-order valence-electron chi connectivity index (χ3n) is 1.44. The molecule has 2 nitrogen and oxygen atoms in total. The van der Waals surface area contributed by atoms with E-state index in [1.165, 1.54) is 6.07 Å². The van der Waals surface area contributed by atoms with Gasteiger partial charge in [0.2, 0.25) is 0 Å². The van der Waals surface area contributed by atoms with Crippen molar-refractivity contribution in [1.29, 1.82) is 0 Å². The van der Waals surface area contributed by atoms with Crippen molar-refractivity contribution in [3.05, 3.63) is 28.0 Å². The second kappa shape index (κ2) is 3.63. The summed E-state index contributed by atoms with van der Waals surface area (Å²) in [6.07, 6.45) is -4.41. The van der Waals surface area contributed by atoms with Crippen molar-refractivity contribution < 1.29 is 13.2 Å². The SMILES string of the molecule is NCc1ccc(C(F)(F)F)nc1Br. The lowest BCUT2D eigenvalue weighted by atomic mass is 10.2. The molecule has 0 saturated carbocycles. The summed E-state index contributed by atoms with van der Waals surface area (Å²) >= 11 is 2.91. The fourth-order valence-electron chi connectivity index (χ4n) is 0.773. The van der Waals surface area contributed by atoms with Gasteiger partial charge in [0.15, 0.2) is 0 Å². The Kier molecular flexibility index (Phi) is 2.92. The summed E-state index contributed by atoms with van der Waals surface area (Å²) in [7, 11) is 0. The molecule has 0 aliphatic heterocycles. The molecule has 0 unspecified atom stereocenters. The van der Waals surface area contributed by atoms with E-state index in [1.54, 1.807) is 0 Å². The topological polar surface area (TPSA) is 38.9 Å². The Labute approximate surface area is 81.1 Å². The summed E-state index contributed by atoms with van der Waals surface area (Å²) < 4.78 is 36.4. The van der Waals surface area contributed by atoms with Crippen LogP contribution in [0.2, 0.25) is 0 Å². The summed E-state index contributed by atoms with van der Waals surface area (Å²) in [5, 5.41) is 0. The summed E-state index contributed by atoms with van der Waals surface area (Å²) in [6.45, 7) is 0.158. The average molecular weight is 255 g/mol. The molecule has 1 heterocycles. The fraction of sp³-hybridized carbons (Fsp3) is 0.286. The number of nitrogens with zero attached hydrogens (tertiary/aromatic N) is 1. The van der Waals surface area contributed by atoms with Gasteiger partial charge in [0.05, 0.1) is 0 Å². The molecule has 0 radical (unpaired) electrons. The highest BCUT2D eigenvalue weighted by atomic mass is 79.9. The molecule has 1 aromatic heterocycles. The van der Waals surface area contributed by atoms with Gasteiger partial charge in [-0.1, -0.05) is 6.07 Å². The molecule has 2 N–H and O–H groups in total. The van der Waals surface area contributed by atoms with Crippen LogP contribution in [0.25, 0.3) is 0 Å². The third kappa shape index (κ3) is 2.41. The third-order valence-corrected chi connectivity index (χ3v) is 2.12. The van der Waals surface area contributed by atoms with E-state index in [-0.39, 0.29) is 11.1 Å². The van der Waals surface area contributed by atoms with E-state index < -0.39 is 11.9 Å². The Bertz CT molecular complexity index is 311. The Balaban J connectivity index is 3.10. The summed E-state index contributed by atoms with van der Waals surface area (Å²) in [6, 6.07) is 2.22. The van der Waals surface area contributed by atoms with Crippen molar-refractivity contribution in [3.63, 3.8) is 0 Å². The van der Waals surface area contributed by atoms with Crippen molar-refractivity contribution in [2.24, 2.45) is 5.73 Å². The largest absolute Gasteiger partial charge is 0.433 e. The lowest BCUT2D eigenvalue weighted by molar-refractivity contribution is -0.141. The smallest absolute Gasteiger partial charge is 0.326 e. The van der Waals surface area contributed by atoms with Crippen molar-refractivity contribution in [3.8, 4) is 0 Å². The van der Waals surface area contributed by atoms with Crippen LogP contribution in [0.1, 0.15) is 11.3 Å². The van der Waals surface area contributed by atoms with Gasteiger partial charge in [-0.25, -0.2) is 4.98 Å². The molecule has 0 atom stereocenters. The van der Waals surface area contributed by atoms with Gasteiger partial charge in [-0.15, -0.1) is 0 Å². The van der Waals surface area contributed by atoms with Gasteiger partial charge >= 0.3 is 6.18 Å². The molecular formula is C7H6BrF3N2. The van der Waals surface area contributed by atoms with Crippen molar-refractivity contribution in [1.82, 2.24) is 4.98 Å². The molecule has 0 bridgehead atoms. The molecule has 6 heteroatoms. The minimum Gasteiger partial charge on any atom is -0.326 e. The van der Waals surface area contributed by atoms with Crippen LogP contribution in [0.15, 0.2) is 16.7 Å². The molecule has 1 aromatic rings. The molecule has 0 aromatic carbocycles. The Morgan fingerprint density at radius 1 is 1.38 bits per heavy atom. The molecule has 13 heavy (non-hydrogen) atoms. The van der Waals surface area contributed by atoms with Crippen molar-refractivity contribution in [2.75, 3.05) is 0 Å². The Morgan fingerprint density at radius 2 is 2.00 bits per heavy atom. The van der Waals surface area contributed by atoms with E-state index >= 15 is 0 Å². The van der Waals surface area contributed by atoms with E-state index in [4.69, 9.17) is 5.73 Å². The summed E-state index contributed by atoms with van der Waals surface area (Å²) in [5.41, 5.74) is 4.89. The fourth-order valence-corrected chi connectivity index (χ4v) is 1.26. The van der Waals surface area contributed by atoms with Crippen LogP contribution in [0, 0.1) is 0 Å². The number of pyridine rings is 1. The highest BCUT2D eigenvalue weighted by Gasteiger charge is 2.32. The molecule has 1 rings (SSSR count). The molecule has 72 valence electrons. The molecule has 0 spiro atoms. The molecule has 0 fully saturated rings. The van der Waals surface area contributed by atoms with E-state index in [0.717, 1.165) is 6.07 Å². The predicted molar refractivity (Wildman–Crippen MR) is 44.8 cm³/mol. The zero-order valence-corrected chi connectivity index (χ0v) is 7.98. The first kappa shape index (κ1) is 10.5. The van der Waals surface area contributed by atoms with Gasteiger partial charge in [0, 0.05) is 6.54 Å². The maximum absolute atomic E-state index is 12.1. The maximum atomic E-state index is 12.1. The monoisotopic (exact) mass is 254 g/mol. The predicted octanol–water partition coefficient (Wildman–Crippen LogP) is 2.32. The zero-order chi connectivity index (χ0) is 10.1. The van der Waals surface area contributed by atoms with Gasteiger partial charge in [0.25, 0.3) is 0 Å². The van der Waals surface area contributed by atoms with Crippen molar-refractivity contribution >= 4 is 15.9 Å². The van der Waals surface area contributed by atoms with Gasteiger partial charge in [0.1, 0.15) is 10.3 Å². The second-order valence-electron chi connectivity index (χ2n) is 2.35. The van der Waals surface area contributed by atoms with E-state index in [9.17, 15) is 13.2 Å². The molecular weight excluding hydrogens is 249 g/mol. The first-order valence-corrected chi connectivity index (χ1v) is 4.17. The van der Waals surface area contributed by atoms with Crippen molar-refractivity contribution in [2.45, 2.75) is 12.7 Å². The second-order valence-corrected chi connectivity index (χ2v) is 3.10. The van der Waals surface area contributed by atoms with Crippen LogP contribution in [0.4, 0.5) is 13.2 Å². The van der Waals surface area contributed by atoms with E-state index in [0.29, 0.717) is 5.56 Å². The molecule has 0 saturated heterocycles. The summed E-state index contributed by atoms with van der Waals surface area (Å²) in [5.74, 6) is 0. The van der Waals surface area contributed by atoms with Gasteiger partial charge in [-0.2, -0.15) is 13.2 Å². The van der Waals surface area contributed by atoms with Crippen LogP contribution in [-0.2, 0) is 12.7 Å². The Morgan fingerprint density at radius 3 is 2.38 bits per heavy atom. The average Bonchev–Trinajstić information content (AvgIpc) is 2.02. The number of hydrogen-bond donors (Lipinski definition) is 1. The highest BCUT2D eigenvalue weighted by Crippen LogP contribution is 2.29. The molecule has 0 amide bonds. The number of hydrogen-bond acceptors (Lipinski definition) is 2. The van der Waals surface area contributed by atoms with Crippen LogP contribution < -0.4 is 5.73 Å². The zero-order valence-electron chi connectivity index (χ0n) is 6.40. The summed E-state index contributed by atoms with van der Waals surface area (Å²) in [4.78, 5) is 3.33. The minimum atomic E-state index is -4.41.